The van der Waals surface area contributed by atoms with Crippen molar-refractivity contribution in [3.05, 3.63) is 36.5 Å². The molecule has 0 aliphatic carbocycles. The number of para-hydroxylation sites is 1. The number of fused-ring (bicyclic) bond motifs is 1. The van der Waals surface area contributed by atoms with Gasteiger partial charge in [0.1, 0.15) is 5.60 Å². The topological polar surface area (TPSA) is 57.2 Å². The molecule has 0 radical (unpaired) electrons. The first kappa shape index (κ1) is 19.5. The monoisotopic (exact) mass is 312 g/mol. The van der Waals surface area contributed by atoms with Crippen molar-refractivity contribution in [3.63, 3.8) is 0 Å². The lowest BCUT2D eigenvalue weighted by atomic mass is 10.2. The van der Waals surface area contributed by atoms with Gasteiger partial charge in [-0.05, 0) is 40.0 Å². The fraction of sp³-hybridized carbons (Fsp3) is 0.438. The molecule has 1 heterocycles. The number of aromatic nitrogens is 1. The Labute approximate surface area is 131 Å². The Morgan fingerprint density at radius 2 is 1.76 bits per heavy atom. The van der Waals surface area contributed by atoms with Crippen molar-refractivity contribution >= 4 is 28.6 Å². The Morgan fingerprint density at radius 1 is 1.24 bits per heavy atom. The molecule has 0 saturated heterocycles. The highest BCUT2D eigenvalue weighted by Gasteiger charge is 2.18. The van der Waals surface area contributed by atoms with E-state index in [2.05, 4.69) is 5.73 Å². The van der Waals surface area contributed by atoms with Gasteiger partial charge in [-0.3, -0.25) is 4.57 Å². The van der Waals surface area contributed by atoms with Gasteiger partial charge in [-0.1, -0.05) is 25.1 Å². The van der Waals surface area contributed by atoms with Crippen molar-refractivity contribution in [1.29, 1.82) is 0 Å². The fourth-order valence-corrected chi connectivity index (χ4v) is 1.55. The van der Waals surface area contributed by atoms with Gasteiger partial charge in [-0.2, -0.15) is 0 Å². The van der Waals surface area contributed by atoms with Gasteiger partial charge in [-0.25, -0.2) is 4.79 Å². The average Bonchev–Trinajstić information content (AvgIpc) is 2.84. The normalized spacial score (nSPS) is 10.0. The van der Waals surface area contributed by atoms with E-state index in [1.807, 2.05) is 58.0 Å². The molecule has 2 rings (SSSR count). The lowest BCUT2D eigenvalue weighted by Gasteiger charge is -2.19. The molecule has 0 unspecified atom stereocenters. The summed E-state index contributed by atoms with van der Waals surface area (Å²) < 4.78 is 6.84. The van der Waals surface area contributed by atoms with Crippen molar-refractivity contribution in [2.75, 3.05) is 12.9 Å². The van der Waals surface area contributed by atoms with Gasteiger partial charge in [0.25, 0.3) is 0 Å². The van der Waals surface area contributed by atoms with Gasteiger partial charge in [0.15, 0.2) is 0 Å². The maximum atomic E-state index is 11.9. The molecule has 5 heteroatoms. The van der Waals surface area contributed by atoms with Crippen LogP contribution in [0.1, 0.15) is 27.7 Å². The minimum Gasteiger partial charge on any atom is -0.443 e. The highest BCUT2D eigenvalue weighted by atomic mass is 35.5. The molecule has 1 aromatic heterocycles. The zero-order valence-corrected chi connectivity index (χ0v) is 14.1. The third-order valence-corrected chi connectivity index (χ3v) is 2.19. The number of hydrogen-bond donors (Lipinski definition) is 1. The maximum absolute atomic E-state index is 11.9. The highest BCUT2D eigenvalue weighted by Crippen LogP contribution is 2.17. The summed E-state index contributed by atoms with van der Waals surface area (Å²) in [5.74, 6) is 0.722. The number of nitrogens with zero attached hydrogens (tertiary/aromatic N) is 1. The van der Waals surface area contributed by atoms with Gasteiger partial charge in [0.05, 0.1) is 5.52 Å². The quantitative estimate of drug-likeness (QED) is 0.740. The number of alkyl halides is 1. The van der Waals surface area contributed by atoms with Crippen LogP contribution in [0.15, 0.2) is 36.5 Å². The standard InChI is InChI=1S/C13H15NO2.C2H5Cl.CH5N/c1-13(2,3)16-12(15)14-9-8-10-6-4-5-7-11(10)14;1-2-3;1-2/h4-9H,1-3H3;2H2,1H3;2H2,1H3. The van der Waals surface area contributed by atoms with Gasteiger partial charge in [-0.15, -0.1) is 11.6 Å². The van der Waals surface area contributed by atoms with Crippen LogP contribution in [0, 0.1) is 0 Å². The van der Waals surface area contributed by atoms with Gasteiger partial charge < -0.3 is 10.5 Å². The minimum absolute atomic E-state index is 0.339. The zero-order chi connectivity index (χ0) is 16.5. The predicted octanol–water partition coefficient (Wildman–Crippen LogP) is 4.24. The highest BCUT2D eigenvalue weighted by molar-refractivity contribution is 6.17. The van der Waals surface area contributed by atoms with E-state index in [9.17, 15) is 4.79 Å². The van der Waals surface area contributed by atoms with Crippen molar-refractivity contribution in [3.8, 4) is 0 Å². The number of nitrogens with two attached hydrogens (primary N) is 1. The lowest BCUT2D eigenvalue weighted by Crippen LogP contribution is -2.26. The molecule has 21 heavy (non-hydrogen) atoms. The predicted molar refractivity (Wildman–Crippen MR) is 90.1 cm³/mol. The van der Waals surface area contributed by atoms with Crippen LogP contribution in [0.3, 0.4) is 0 Å². The average molecular weight is 313 g/mol. The number of rotatable bonds is 0. The van der Waals surface area contributed by atoms with E-state index in [0.717, 1.165) is 16.8 Å². The molecule has 0 saturated carbocycles. The second-order valence-corrected chi connectivity index (χ2v) is 5.53. The SMILES string of the molecule is CC(C)(C)OC(=O)n1ccc2ccccc21.CCCl.CN. The summed E-state index contributed by atoms with van der Waals surface area (Å²) in [6.07, 6.45) is 1.40. The van der Waals surface area contributed by atoms with E-state index in [-0.39, 0.29) is 6.09 Å². The van der Waals surface area contributed by atoms with Gasteiger partial charge in [0, 0.05) is 17.5 Å². The summed E-state index contributed by atoms with van der Waals surface area (Å²) >= 11 is 5.00. The Kier molecular flexibility index (Phi) is 8.74. The number of carbonyl (C=O) groups is 1. The summed E-state index contributed by atoms with van der Waals surface area (Å²) in [6.45, 7) is 7.46. The molecule has 0 fully saturated rings. The Balaban J connectivity index is 0.000000713. The molecular weight excluding hydrogens is 288 g/mol. The number of hydrogen-bond acceptors (Lipinski definition) is 3. The number of ether oxygens (including phenoxy) is 1. The number of halogens is 1. The van der Waals surface area contributed by atoms with E-state index < -0.39 is 5.60 Å². The van der Waals surface area contributed by atoms with E-state index in [0.29, 0.717) is 0 Å². The van der Waals surface area contributed by atoms with Crippen LogP contribution in [0.2, 0.25) is 0 Å². The Morgan fingerprint density at radius 3 is 2.29 bits per heavy atom. The van der Waals surface area contributed by atoms with E-state index in [4.69, 9.17) is 16.3 Å². The first-order valence-corrected chi connectivity index (χ1v) is 7.35. The zero-order valence-electron chi connectivity index (χ0n) is 13.4. The summed E-state index contributed by atoms with van der Waals surface area (Å²) in [6, 6.07) is 9.62. The molecule has 2 aromatic rings. The fourth-order valence-electron chi connectivity index (χ4n) is 1.55. The number of benzene rings is 1. The van der Waals surface area contributed by atoms with Gasteiger partial charge >= 0.3 is 6.09 Å². The summed E-state index contributed by atoms with van der Waals surface area (Å²) in [7, 11) is 1.50. The molecule has 118 valence electrons. The second-order valence-electron chi connectivity index (χ2n) is 4.99. The molecule has 0 bridgehead atoms. The van der Waals surface area contributed by atoms with E-state index >= 15 is 0 Å². The third kappa shape index (κ3) is 6.65. The van der Waals surface area contributed by atoms with Crippen LogP contribution in [-0.4, -0.2) is 29.2 Å². The van der Waals surface area contributed by atoms with Crippen molar-refractivity contribution in [1.82, 2.24) is 4.57 Å². The Bertz CT molecular complexity index is 544. The van der Waals surface area contributed by atoms with Gasteiger partial charge in [0.2, 0.25) is 0 Å². The second kappa shape index (κ2) is 9.42. The molecule has 2 N–H and O–H groups in total. The first-order valence-electron chi connectivity index (χ1n) is 6.82. The van der Waals surface area contributed by atoms with Crippen LogP contribution in [-0.2, 0) is 4.74 Å². The third-order valence-electron chi connectivity index (χ3n) is 2.19. The summed E-state index contributed by atoms with van der Waals surface area (Å²) in [5, 5.41) is 1.04. The largest absolute Gasteiger partial charge is 0.443 e. The van der Waals surface area contributed by atoms with E-state index in [1.165, 1.54) is 11.6 Å². The van der Waals surface area contributed by atoms with Crippen molar-refractivity contribution < 1.29 is 9.53 Å². The van der Waals surface area contributed by atoms with Crippen molar-refractivity contribution in [2.24, 2.45) is 5.73 Å². The summed E-state index contributed by atoms with van der Waals surface area (Å²) in [4.78, 5) is 11.9. The molecule has 0 aliphatic heterocycles. The molecular formula is C16H25ClN2O2. The minimum atomic E-state index is -0.470. The van der Waals surface area contributed by atoms with Crippen LogP contribution in [0.25, 0.3) is 10.9 Å². The summed E-state index contributed by atoms with van der Waals surface area (Å²) in [5.41, 5.74) is 4.90. The van der Waals surface area contributed by atoms with Crippen LogP contribution in [0.4, 0.5) is 4.79 Å². The van der Waals surface area contributed by atoms with Crippen molar-refractivity contribution in [2.45, 2.75) is 33.3 Å². The molecule has 1 aromatic carbocycles. The molecule has 0 amide bonds. The number of carbonyl (C=O) groups excluding carboxylic acids is 1. The molecule has 4 nitrogen and oxygen atoms in total. The van der Waals surface area contributed by atoms with Crippen LogP contribution >= 0.6 is 11.6 Å². The lowest BCUT2D eigenvalue weighted by molar-refractivity contribution is 0.0544. The Hall–Kier alpha value is -1.52. The smallest absolute Gasteiger partial charge is 0.418 e. The maximum Gasteiger partial charge on any atom is 0.418 e. The molecule has 0 aliphatic rings. The molecule has 0 atom stereocenters. The molecule has 0 spiro atoms. The first-order chi connectivity index (χ1) is 9.89. The van der Waals surface area contributed by atoms with E-state index in [1.54, 1.807) is 6.20 Å². The van der Waals surface area contributed by atoms with Crippen LogP contribution in [0.5, 0.6) is 0 Å². The van der Waals surface area contributed by atoms with Crippen LogP contribution < -0.4 is 5.73 Å².